The second-order valence-electron chi connectivity index (χ2n) is 3.21. The van der Waals surface area contributed by atoms with Gasteiger partial charge in [0.15, 0.2) is 0 Å². The van der Waals surface area contributed by atoms with E-state index < -0.39 is 0 Å². The maximum atomic E-state index is 8.84. The number of hydrogen-bond acceptors (Lipinski definition) is 2. The molecule has 0 fully saturated rings. The third-order valence-electron chi connectivity index (χ3n) is 2.08. The van der Waals surface area contributed by atoms with Gasteiger partial charge in [-0.25, -0.2) is 0 Å². The minimum Gasteiger partial charge on any atom is -0.496 e. The van der Waals surface area contributed by atoms with Gasteiger partial charge in [0, 0.05) is 10.6 Å². The Kier molecular flexibility index (Phi) is 3.38. The molecule has 0 aliphatic heterocycles. The van der Waals surface area contributed by atoms with Crippen molar-refractivity contribution < 1.29 is 4.74 Å². The Morgan fingerprint density at radius 3 is 2.64 bits per heavy atom. The fourth-order valence-corrected chi connectivity index (χ4v) is 1.80. The fourth-order valence-electron chi connectivity index (χ4n) is 1.38. The van der Waals surface area contributed by atoms with E-state index in [0.29, 0.717) is 10.8 Å². The monoisotopic (exact) mass is 209 g/mol. The van der Waals surface area contributed by atoms with Crippen molar-refractivity contribution in [2.45, 2.75) is 19.8 Å². The zero-order valence-corrected chi connectivity index (χ0v) is 9.22. The molecule has 14 heavy (non-hydrogen) atoms. The highest BCUT2D eigenvalue weighted by atomic mass is 35.5. The van der Waals surface area contributed by atoms with Crippen LogP contribution in [0.25, 0.3) is 0 Å². The van der Waals surface area contributed by atoms with E-state index in [4.69, 9.17) is 21.6 Å². The predicted molar refractivity (Wildman–Crippen MR) is 56.8 cm³/mol. The number of ether oxygens (including phenoxy) is 1. The molecule has 2 nitrogen and oxygen atoms in total. The molecule has 3 heteroatoms. The lowest BCUT2D eigenvalue weighted by molar-refractivity contribution is 0.408. The largest absolute Gasteiger partial charge is 0.496 e. The first-order valence-corrected chi connectivity index (χ1v) is 4.71. The van der Waals surface area contributed by atoms with Crippen LogP contribution in [-0.2, 0) is 0 Å². The Hall–Kier alpha value is -1.20. The Balaban J connectivity index is 3.34. The normalized spacial score (nSPS) is 11.9. The van der Waals surface area contributed by atoms with Crippen molar-refractivity contribution >= 4 is 11.6 Å². The lowest BCUT2D eigenvalue weighted by Crippen LogP contribution is -1.97. The van der Waals surface area contributed by atoms with Crippen molar-refractivity contribution in [3.05, 3.63) is 28.3 Å². The number of nitrogens with zero attached hydrogens (tertiary/aromatic N) is 1. The molecule has 0 radical (unpaired) electrons. The fraction of sp³-hybridized carbons (Fsp3) is 0.364. The Labute approximate surface area is 89.1 Å². The van der Waals surface area contributed by atoms with Gasteiger partial charge in [-0.15, -0.1) is 0 Å². The van der Waals surface area contributed by atoms with Crippen LogP contribution in [0.1, 0.15) is 24.0 Å². The molecule has 1 atom stereocenters. The molecule has 0 aliphatic rings. The number of hydrogen-bond donors (Lipinski definition) is 0. The van der Waals surface area contributed by atoms with Crippen LogP contribution < -0.4 is 4.74 Å². The summed E-state index contributed by atoms with van der Waals surface area (Å²) in [5.74, 6) is 0.432. The molecule has 0 bridgehead atoms. The molecule has 0 aromatic heterocycles. The maximum absolute atomic E-state index is 8.84. The van der Waals surface area contributed by atoms with E-state index >= 15 is 0 Å². The molecule has 0 spiro atoms. The van der Waals surface area contributed by atoms with E-state index in [9.17, 15) is 0 Å². The van der Waals surface area contributed by atoms with E-state index in [1.54, 1.807) is 14.0 Å². The molecule has 0 N–H and O–H groups in total. The van der Waals surface area contributed by atoms with Crippen molar-refractivity contribution in [3.63, 3.8) is 0 Å². The SMILES string of the molecule is COc1cc(C)cc(Cl)c1C(C)C#N. The van der Waals surface area contributed by atoms with E-state index in [-0.39, 0.29) is 5.92 Å². The topological polar surface area (TPSA) is 33.0 Å². The Morgan fingerprint density at radius 1 is 1.50 bits per heavy atom. The highest BCUT2D eigenvalue weighted by molar-refractivity contribution is 6.31. The molecule has 1 aromatic carbocycles. The first-order valence-electron chi connectivity index (χ1n) is 4.33. The highest BCUT2D eigenvalue weighted by Gasteiger charge is 2.15. The van der Waals surface area contributed by atoms with Crippen molar-refractivity contribution in [1.29, 1.82) is 5.26 Å². The number of methoxy groups -OCH3 is 1. The molecular weight excluding hydrogens is 198 g/mol. The molecule has 1 rings (SSSR count). The lowest BCUT2D eigenvalue weighted by Gasteiger charge is -2.12. The van der Waals surface area contributed by atoms with Crippen molar-refractivity contribution in [3.8, 4) is 11.8 Å². The van der Waals surface area contributed by atoms with E-state index in [0.717, 1.165) is 11.1 Å². The number of rotatable bonds is 2. The number of benzene rings is 1. The molecule has 74 valence electrons. The van der Waals surface area contributed by atoms with Gasteiger partial charge in [0.1, 0.15) is 5.75 Å². The predicted octanol–water partition coefficient (Wildman–Crippen LogP) is 3.28. The summed E-state index contributed by atoms with van der Waals surface area (Å²) in [6.07, 6.45) is 0. The van der Waals surface area contributed by atoms with Crippen molar-refractivity contribution in [2.75, 3.05) is 7.11 Å². The van der Waals surface area contributed by atoms with Crippen LogP contribution in [0, 0.1) is 18.3 Å². The Bertz CT molecular complexity index is 382. The van der Waals surface area contributed by atoms with Crippen LogP contribution in [0.4, 0.5) is 0 Å². The van der Waals surface area contributed by atoms with Gasteiger partial charge in [-0.3, -0.25) is 0 Å². The smallest absolute Gasteiger partial charge is 0.125 e. The third-order valence-corrected chi connectivity index (χ3v) is 2.40. The molecule has 1 aromatic rings. The van der Waals surface area contributed by atoms with Gasteiger partial charge < -0.3 is 4.74 Å². The first-order chi connectivity index (χ1) is 6.60. The average Bonchev–Trinajstić information content (AvgIpc) is 2.15. The molecule has 0 amide bonds. The molecule has 0 saturated carbocycles. The van der Waals surface area contributed by atoms with Crippen LogP contribution >= 0.6 is 11.6 Å². The summed E-state index contributed by atoms with van der Waals surface area (Å²) in [5, 5.41) is 9.43. The molecule has 0 heterocycles. The number of halogens is 1. The zero-order chi connectivity index (χ0) is 10.7. The summed E-state index contributed by atoms with van der Waals surface area (Å²) in [7, 11) is 1.58. The standard InChI is InChI=1S/C11H12ClNO/c1-7-4-9(12)11(8(2)6-13)10(5-7)14-3/h4-5,8H,1-3H3. The minimum absolute atomic E-state index is 0.252. The quantitative estimate of drug-likeness (QED) is 0.749. The lowest BCUT2D eigenvalue weighted by atomic mass is 10.00. The third kappa shape index (κ3) is 2.00. The van der Waals surface area contributed by atoms with E-state index in [1.165, 1.54) is 0 Å². The van der Waals surface area contributed by atoms with Gasteiger partial charge in [-0.2, -0.15) is 5.26 Å². The van der Waals surface area contributed by atoms with Crippen molar-refractivity contribution in [1.82, 2.24) is 0 Å². The summed E-state index contributed by atoms with van der Waals surface area (Å²) >= 11 is 6.06. The van der Waals surface area contributed by atoms with Crippen LogP contribution in [0.3, 0.4) is 0 Å². The van der Waals surface area contributed by atoms with Gasteiger partial charge in [-0.05, 0) is 31.5 Å². The molecular formula is C11H12ClNO. The van der Waals surface area contributed by atoms with E-state index in [1.807, 2.05) is 19.1 Å². The summed E-state index contributed by atoms with van der Waals surface area (Å²) in [4.78, 5) is 0. The second kappa shape index (κ2) is 4.34. The minimum atomic E-state index is -0.252. The summed E-state index contributed by atoms with van der Waals surface area (Å²) in [6.45, 7) is 3.74. The van der Waals surface area contributed by atoms with Gasteiger partial charge >= 0.3 is 0 Å². The van der Waals surface area contributed by atoms with Crippen LogP contribution in [0.15, 0.2) is 12.1 Å². The molecule has 1 unspecified atom stereocenters. The second-order valence-corrected chi connectivity index (χ2v) is 3.62. The first kappa shape index (κ1) is 10.9. The van der Waals surface area contributed by atoms with Gasteiger partial charge in [0.05, 0.1) is 19.1 Å². The van der Waals surface area contributed by atoms with Crippen molar-refractivity contribution in [2.24, 2.45) is 0 Å². The number of aryl methyl sites for hydroxylation is 1. The van der Waals surface area contributed by atoms with Crippen LogP contribution in [0.2, 0.25) is 5.02 Å². The maximum Gasteiger partial charge on any atom is 0.125 e. The van der Waals surface area contributed by atoms with Crippen LogP contribution in [-0.4, -0.2) is 7.11 Å². The van der Waals surface area contributed by atoms with E-state index in [2.05, 4.69) is 6.07 Å². The summed E-state index contributed by atoms with van der Waals surface area (Å²) in [6, 6.07) is 5.88. The van der Waals surface area contributed by atoms with Crippen LogP contribution in [0.5, 0.6) is 5.75 Å². The summed E-state index contributed by atoms with van der Waals surface area (Å²) in [5.41, 5.74) is 1.79. The number of nitriles is 1. The molecule has 0 aliphatic carbocycles. The average molecular weight is 210 g/mol. The van der Waals surface area contributed by atoms with Gasteiger partial charge in [-0.1, -0.05) is 11.6 Å². The van der Waals surface area contributed by atoms with Gasteiger partial charge in [0.2, 0.25) is 0 Å². The Morgan fingerprint density at radius 2 is 2.14 bits per heavy atom. The van der Waals surface area contributed by atoms with Gasteiger partial charge in [0.25, 0.3) is 0 Å². The summed E-state index contributed by atoms with van der Waals surface area (Å²) < 4.78 is 5.19. The zero-order valence-electron chi connectivity index (χ0n) is 8.47. The molecule has 0 saturated heterocycles. The highest BCUT2D eigenvalue weighted by Crippen LogP contribution is 2.34.